The number of ketones is 1. The zero-order chi connectivity index (χ0) is 13.4. The van der Waals surface area contributed by atoms with Crippen LogP contribution in [0.3, 0.4) is 0 Å². The molecule has 2 aliphatic rings. The molecule has 1 amide bonds. The van der Waals surface area contributed by atoms with Crippen LogP contribution in [-0.4, -0.2) is 29.7 Å². The van der Waals surface area contributed by atoms with Crippen LogP contribution in [0, 0.1) is 10.8 Å². The van der Waals surface area contributed by atoms with Gasteiger partial charge in [-0.3, -0.25) is 9.59 Å². The van der Waals surface area contributed by atoms with Crippen LogP contribution in [0.25, 0.3) is 0 Å². The van der Waals surface area contributed by atoms with E-state index in [4.69, 9.17) is 0 Å². The lowest BCUT2D eigenvalue weighted by atomic mass is 9.75. The standard InChI is InChI=1S/C15H25NO2/c1-4-14(2,3)13(18)16-10-8-15(9-11-16)7-5-6-12(15)17/h4-11H2,1-3H3. The molecule has 0 aromatic heterocycles. The van der Waals surface area contributed by atoms with Gasteiger partial charge in [-0.2, -0.15) is 0 Å². The van der Waals surface area contributed by atoms with Gasteiger partial charge in [0.1, 0.15) is 5.78 Å². The maximum atomic E-state index is 12.4. The SMILES string of the molecule is CCC(C)(C)C(=O)N1CCC2(CCCC2=O)CC1. The molecule has 2 fully saturated rings. The van der Waals surface area contributed by atoms with Crippen LogP contribution in [0.5, 0.6) is 0 Å². The van der Waals surface area contributed by atoms with Crippen LogP contribution < -0.4 is 0 Å². The summed E-state index contributed by atoms with van der Waals surface area (Å²) in [6, 6.07) is 0. The molecule has 1 spiro atoms. The van der Waals surface area contributed by atoms with Crippen LogP contribution in [0.1, 0.15) is 59.3 Å². The highest BCUT2D eigenvalue weighted by atomic mass is 16.2. The number of carbonyl (C=O) groups excluding carboxylic acids is 2. The lowest BCUT2D eigenvalue weighted by Gasteiger charge is -2.41. The van der Waals surface area contributed by atoms with E-state index in [0.29, 0.717) is 5.78 Å². The largest absolute Gasteiger partial charge is 0.342 e. The van der Waals surface area contributed by atoms with Gasteiger partial charge in [-0.15, -0.1) is 0 Å². The summed E-state index contributed by atoms with van der Waals surface area (Å²) in [4.78, 5) is 26.3. The normalized spacial score (nSPS) is 23.7. The number of hydrogen-bond acceptors (Lipinski definition) is 2. The summed E-state index contributed by atoms with van der Waals surface area (Å²) in [6.45, 7) is 7.63. The van der Waals surface area contributed by atoms with Crippen LogP contribution >= 0.6 is 0 Å². The van der Waals surface area contributed by atoms with Crippen molar-refractivity contribution in [3.63, 3.8) is 0 Å². The average Bonchev–Trinajstić information content (AvgIpc) is 2.71. The number of carbonyl (C=O) groups is 2. The van der Waals surface area contributed by atoms with E-state index in [2.05, 4.69) is 6.92 Å². The summed E-state index contributed by atoms with van der Waals surface area (Å²) in [7, 11) is 0. The smallest absolute Gasteiger partial charge is 0.228 e. The van der Waals surface area contributed by atoms with E-state index in [0.717, 1.165) is 51.6 Å². The van der Waals surface area contributed by atoms with Crippen molar-refractivity contribution in [3.8, 4) is 0 Å². The third kappa shape index (κ3) is 2.19. The minimum atomic E-state index is -0.260. The lowest BCUT2D eigenvalue weighted by Crippen LogP contribution is -2.48. The van der Waals surface area contributed by atoms with Gasteiger partial charge in [-0.25, -0.2) is 0 Å². The molecule has 1 saturated heterocycles. The van der Waals surface area contributed by atoms with Gasteiger partial charge in [0.25, 0.3) is 0 Å². The topological polar surface area (TPSA) is 37.4 Å². The molecule has 0 unspecified atom stereocenters. The van der Waals surface area contributed by atoms with Crippen molar-refractivity contribution in [1.29, 1.82) is 0 Å². The summed E-state index contributed by atoms with van der Waals surface area (Å²) >= 11 is 0. The predicted molar refractivity (Wildman–Crippen MR) is 71.2 cm³/mol. The molecule has 2 rings (SSSR count). The van der Waals surface area contributed by atoms with E-state index < -0.39 is 0 Å². The fourth-order valence-corrected chi connectivity index (χ4v) is 3.24. The highest BCUT2D eigenvalue weighted by Gasteiger charge is 2.45. The monoisotopic (exact) mass is 251 g/mol. The van der Waals surface area contributed by atoms with Gasteiger partial charge in [-0.05, 0) is 32.1 Å². The molecule has 0 N–H and O–H groups in total. The van der Waals surface area contributed by atoms with Gasteiger partial charge < -0.3 is 4.90 Å². The molecule has 0 bridgehead atoms. The van der Waals surface area contributed by atoms with Crippen LogP contribution in [0.15, 0.2) is 0 Å². The summed E-state index contributed by atoms with van der Waals surface area (Å²) in [6.07, 6.45) is 5.49. The molecule has 0 radical (unpaired) electrons. The first kappa shape index (κ1) is 13.6. The van der Waals surface area contributed by atoms with Crippen molar-refractivity contribution in [3.05, 3.63) is 0 Å². The van der Waals surface area contributed by atoms with Gasteiger partial charge in [-0.1, -0.05) is 20.8 Å². The Hall–Kier alpha value is -0.860. The van der Waals surface area contributed by atoms with Crippen LogP contribution in [-0.2, 0) is 9.59 Å². The van der Waals surface area contributed by atoms with E-state index in [-0.39, 0.29) is 16.7 Å². The number of hydrogen-bond donors (Lipinski definition) is 0. The number of rotatable bonds is 2. The maximum Gasteiger partial charge on any atom is 0.228 e. The van der Waals surface area contributed by atoms with Crippen molar-refractivity contribution >= 4 is 11.7 Å². The molecular weight excluding hydrogens is 226 g/mol. The molecule has 3 heteroatoms. The Balaban J connectivity index is 1.99. The van der Waals surface area contributed by atoms with Crippen LogP contribution in [0.4, 0.5) is 0 Å². The summed E-state index contributed by atoms with van der Waals surface area (Å²) in [5.41, 5.74) is -0.322. The van der Waals surface area contributed by atoms with E-state index in [9.17, 15) is 9.59 Å². The number of likely N-dealkylation sites (tertiary alicyclic amines) is 1. The van der Waals surface area contributed by atoms with E-state index in [1.807, 2.05) is 18.7 Å². The summed E-state index contributed by atoms with van der Waals surface area (Å²) in [5, 5.41) is 0. The zero-order valence-corrected chi connectivity index (χ0v) is 11.9. The second-order valence-electron chi connectivity index (χ2n) is 6.59. The average molecular weight is 251 g/mol. The molecule has 1 saturated carbocycles. The minimum Gasteiger partial charge on any atom is -0.342 e. The molecule has 0 aromatic rings. The molecule has 0 atom stereocenters. The zero-order valence-electron chi connectivity index (χ0n) is 11.9. The van der Waals surface area contributed by atoms with E-state index >= 15 is 0 Å². The molecule has 18 heavy (non-hydrogen) atoms. The number of piperidine rings is 1. The third-order valence-corrected chi connectivity index (χ3v) is 5.12. The fourth-order valence-electron chi connectivity index (χ4n) is 3.24. The van der Waals surface area contributed by atoms with Gasteiger partial charge >= 0.3 is 0 Å². The first-order valence-corrected chi connectivity index (χ1v) is 7.24. The number of Topliss-reactive ketones (excluding diaryl/α,β-unsaturated/α-hetero) is 1. The summed E-state index contributed by atoms with van der Waals surface area (Å²) in [5.74, 6) is 0.703. The number of amides is 1. The predicted octanol–water partition coefficient (Wildman–Crippen LogP) is 2.78. The van der Waals surface area contributed by atoms with Crippen molar-refractivity contribution < 1.29 is 9.59 Å². The Morgan fingerprint density at radius 3 is 2.33 bits per heavy atom. The first-order valence-electron chi connectivity index (χ1n) is 7.24. The highest BCUT2D eigenvalue weighted by molar-refractivity contribution is 5.87. The van der Waals surface area contributed by atoms with E-state index in [1.165, 1.54) is 0 Å². The van der Waals surface area contributed by atoms with Gasteiger partial charge in [0.2, 0.25) is 5.91 Å². The van der Waals surface area contributed by atoms with Gasteiger partial charge in [0.05, 0.1) is 0 Å². The second kappa shape index (κ2) is 4.67. The molecular formula is C15H25NO2. The summed E-state index contributed by atoms with van der Waals surface area (Å²) < 4.78 is 0. The highest BCUT2D eigenvalue weighted by Crippen LogP contribution is 2.44. The van der Waals surface area contributed by atoms with Crippen LogP contribution in [0.2, 0.25) is 0 Å². The Morgan fingerprint density at radius 2 is 1.89 bits per heavy atom. The van der Waals surface area contributed by atoms with Crippen molar-refractivity contribution in [2.75, 3.05) is 13.1 Å². The lowest BCUT2D eigenvalue weighted by molar-refractivity contribution is -0.145. The van der Waals surface area contributed by atoms with Crippen molar-refractivity contribution in [2.45, 2.75) is 59.3 Å². The third-order valence-electron chi connectivity index (χ3n) is 5.12. The van der Waals surface area contributed by atoms with Gasteiger partial charge in [0, 0.05) is 30.3 Å². The molecule has 3 nitrogen and oxygen atoms in total. The van der Waals surface area contributed by atoms with Crippen molar-refractivity contribution in [1.82, 2.24) is 4.90 Å². The molecule has 1 heterocycles. The fraction of sp³-hybridized carbons (Fsp3) is 0.867. The Bertz CT molecular complexity index is 352. The first-order chi connectivity index (χ1) is 8.41. The van der Waals surface area contributed by atoms with Crippen molar-refractivity contribution in [2.24, 2.45) is 10.8 Å². The van der Waals surface area contributed by atoms with Gasteiger partial charge in [0.15, 0.2) is 0 Å². The Morgan fingerprint density at radius 1 is 1.28 bits per heavy atom. The maximum absolute atomic E-state index is 12.4. The molecule has 102 valence electrons. The number of nitrogens with zero attached hydrogens (tertiary/aromatic N) is 1. The van der Waals surface area contributed by atoms with E-state index in [1.54, 1.807) is 0 Å². The Kier molecular flexibility index (Phi) is 3.52. The molecule has 1 aliphatic carbocycles. The molecule has 0 aromatic carbocycles. The molecule has 1 aliphatic heterocycles. The Labute approximate surface area is 110 Å². The quantitative estimate of drug-likeness (QED) is 0.756. The second-order valence-corrected chi connectivity index (χ2v) is 6.59. The minimum absolute atomic E-state index is 0.0624.